The number of rotatable bonds is 5. The molecule has 0 bridgehead atoms. The average Bonchev–Trinajstić information content (AvgIpc) is 3.25. The second-order valence-corrected chi connectivity index (χ2v) is 7.04. The molecule has 3 heterocycles. The summed E-state index contributed by atoms with van der Waals surface area (Å²) in [6.07, 6.45) is 0.378. The van der Waals surface area contributed by atoms with E-state index in [1.807, 2.05) is 17.5 Å². The summed E-state index contributed by atoms with van der Waals surface area (Å²) >= 11 is 2.95. The van der Waals surface area contributed by atoms with Gasteiger partial charge in [-0.25, -0.2) is 4.98 Å². The lowest BCUT2D eigenvalue weighted by molar-refractivity contribution is -0.120. The lowest BCUT2D eigenvalue weighted by atomic mass is 10.3. The summed E-state index contributed by atoms with van der Waals surface area (Å²) in [5, 5.41) is 7.28. The Labute approximate surface area is 142 Å². The van der Waals surface area contributed by atoms with Crippen LogP contribution in [0.15, 0.2) is 22.9 Å². The van der Waals surface area contributed by atoms with E-state index in [4.69, 9.17) is 4.74 Å². The smallest absolute Gasteiger partial charge is 0.273 e. The maximum absolute atomic E-state index is 12.3. The first-order chi connectivity index (χ1) is 11.2. The molecule has 1 saturated heterocycles. The van der Waals surface area contributed by atoms with Crippen LogP contribution >= 0.6 is 22.7 Å². The van der Waals surface area contributed by atoms with E-state index in [9.17, 15) is 9.59 Å². The zero-order chi connectivity index (χ0) is 16.1. The van der Waals surface area contributed by atoms with Crippen molar-refractivity contribution < 1.29 is 14.3 Å². The van der Waals surface area contributed by atoms with Gasteiger partial charge in [0, 0.05) is 23.3 Å². The average molecular weight is 351 g/mol. The van der Waals surface area contributed by atoms with E-state index in [0.29, 0.717) is 45.0 Å². The summed E-state index contributed by atoms with van der Waals surface area (Å²) < 4.78 is 5.24. The van der Waals surface area contributed by atoms with E-state index in [1.54, 1.807) is 21.6 Å². The van der Waals surface area contributed by atoms with Crippen LogP contribution in [0, 0.1) is 0 Å². The van der Waals surface area contributed by atoms with Gasteiger partial charge >= 0.3 is 0 Å². The van der Waals surface area contributed by atoms with Crippen molar-refractivity contribution in [2.45, 2.75) is 13.0 Å². The Hall–Kier alpha value is -1.77. The van der Waals surface area contributed by atoms with Crippen LogP contribution in [0.5, 0.6) is 0 Å². The molecule has 6 nitrogen and oxygen atoms in total. The van der Waals surface area contributed by atoms with E-state index in [0.717, 1.165) is 9.88 Å². The van der Waals surface area contributed by atoms with E-state index in [-0.39, 0.29) is 11.8 Å². The number of amides is 2. The fraction of sp³-hybridized carbons (Fsp3) is 0.400. The third-order valence-corrected chi connectivity index (χ3v) is 5.15. The van der Waals surface area contributed by atoms with Crippen LogP contribution < -0.4 is 5.32 Å². The molecular weight excluding hydrogens is 334 g/mol. The van der Waals surface area contributed by atoms with Crippen LogP contribution in [0.3, 0.4) is 0 Å². The molecule has 0 spiro atoms. The second-order valence-electron chi connectivity index (χ2n) is 5.06. The van der Waals surface area contributed by atoms with Crippen molar-refractivity contribution in [1.82, 2.24) is 15.2 Å². The molecule has 1 fully saturated rings. The first-order valence-electron chi connectivity index (χ1n) is 7.33. The third-order valence-electron chi connectivity index (χ3n) is 3.42. The molecule has 122 valence electrons. The lowest BCUT2D eigenvalue weighted by Crippen LogP contribution is -2.40. The maximum atomic E-state index is 12.3. The highest BCUT2D eigenvalue weighted by molar-refractivity contribution is 7.10. The first-order valence-corrected chi connectivity index (χ1v) is 9.09. The molecule has 0 atom stereocenters. The number of thiazole rings is 1. The number of nitrogens with zero attached hydrogens (tertiary/aromatic N) is 2. The van der Waals surface area contributed by atoms with E-state index in [1.165, 1.54) is 11.3 Å². The van der Waals surface area contributed by atoms with Crippen LogP contribution in [0.4, 0.5) is 0 Å². The fourth-order valence-electron chi connectivity index (χ4n) is 2.23. The maximum Gasteiger partial charge on any atom is 0.273 e. The number of nitrogens with one attached hydrogen (secondary N) is 1. The predicted octanol–water partition coefficient (Wildman–Crippen LogP) is 1.54. The van der Waals surface area contributed by atoms with E-state index >= 15 is 0 Å². The van der Waals surface area contributed by atoms with Crippen LogP contribution in [-0.4, -0.2) is 48.0 Å². The Morgan fingerprint density at radius 3 is 2.87 bits per heavy atom. The molecule has 23 heavy (non-hydrogen) atoms. The van der Waals surface area contributed by atoms with Gasteiger partial charge in [-0.3, -0.25) is 9.59 Å². The number of hydrogen-bond donors (Lipinski definition) is 1. The standard InChI is InChI=1S/C15H17N3O3S2/c19-13(8-11-2-1-7-22-11)16-9-14-17-12(10-23-14)15(20)18-3-5-21-6-4-18/h1-2,7,10H,3-6,8-9H2,(H,16,19). The number of carbonyl (C=O) groups excluding carboxylic acids is 2. The fourth-order valence-corrected chi connectivity index (χ4v) is 3.64. The number of carbonyl (C=O) groups is 2. The zero-order valence-electron chi connectivity index (χ0n) is 12.5. The summed E-state index contributed by atoms with van der Waals surface area (Å²) in [6, 6.07) is 3.87. The van der Waals surface area contributed by atoms with Crippen molar-refractivity contribution in [3.8, 4) is 0 Å². The Bertz CT molecular complexity index is 663. The molecule has 8 heteroatoms. The van der Waals surface area contributed by atoms with Gasteiger partial charge in [0.05, 0.1) is 26.2 Å². The van der Waals surface area contributed by atoms with Crippen molar-refractivity contribution in [1.29, 1.82) is 0 Å². The Morgan fingerprint density at radius 1 is 1.30 bits per heavy atom. The van der Waals surface area contributed by atoms with Crippen molar-refractivity contribution in [3.63, 3.8) is 0 Å². The van der Waals surface area contributed by atoms with Gasteiger partial charge in [-0.1, -0.05) is 6.07 Å². The van der Waals surface area contributed by atoms with Gasteiger partial charge in [0.15, 0.2) is 0 Å². The second kappa shape index (κ2) is 7.67. The molecule has 1 N–H and O–H groups in total. The van der Waals surface area contributed by atoms with Crippen molar-refractivity contribution in [3.05, 3.63) is 38.5 Å². The molecule has 2 amide bonds. The molecule has 2 aromatic heterocycles. The number of ether oxygens (including phenoxy) is 1. The quantitative estimate of drug-likeness (QED) is 0.887. The highest BCUT2D eigenvalue weighted by Crippen LogP contribution is 2.13. The zero-order valence-corrected chi connectivity index (χ0v) is 14.1. The molecule has 0 unspecified atom stereocenters. The van der Waals surface area contributed by atoms with Gasteiger partial charge in [0.2, 0.25) is 5.91 Å². The predicted molar refractivity (Wildman–Crippen MR) is 88.7 cm³/mol. The van der Waals surface area contributed by atoms with E-state index in [2.05, 4.69) is 10.3 Å². The molecular formula is C15H17N3O3S2. The summed E-state index contributed by atoms with van der Waals surface area (Å²) in [5.74, 6) is -0.107. The van der Waals surface area contributed by atoms with Crippen LogP contribution in [0.1, 0.15) is 20.4 Å². The number of aromatic nitrogens is 1. The number of morpholine rings is 1. The topological polar surface area (TPSA) is 71.5 Å². The highest BCUT2D eigenvalue weighted by Gasteiger charge is 2.20. The van der Waals surface area contributed by atoms with Gasteiger partial charge in [-0.05, 0) is 11.4 Å². The van der Waals surface area contributed by atoms with Crippen LogP contribution in [-0.2, 0) is 22.5 Å². The minimum absolute atomic E-state index is 0.0382. The minimum atomic E-state index is -0.0688. The van der Waals surface area contributed by atoms with Gasteiger partial charge in [-0.2, -0.15) is 0 Å². The Morgan fingerprint density at radius 2 is 2.13 bits per heavy atom. The SMILES string of the molecule is O=C(Cc1cccs1)NCc1nc(C(=O)N2CCOCC2)cs1. The summed E-state index contributed by atoms with van der Waals surface area (Å²) in [5.41, 5.74) is 0.444. The Kier molecular flexibility index (Phi) is 5.37. The summed E-state index contributed by atoms with van der Waals surface area (Å²) in [7, 11) is 0. The van der Waals surface area contributed by atoms with E-state index < -0.39 is 0 Å². The molecule has 1 aliphatic heterocycles. The monoisotopic (exact) mass is 351 g/mol. The molecule has 1 aliphatic rings. The third kappa shape index (κ3) is 4.37. The van der Waals surface area contributed by atoms with Gasteiger partial charge in [-0.15, -0.1) is 22.7 Å². The Balaban J connectivity index is 1.50. The van der Waals surface area contributed by atoms with Crippen LogP contribution in [0.2, 0.25) is 0 Å². The van der Waals surface area contributed by atoms with Gasteiger partial charge in [0.1, 0.15) is 10.7 Å². The summed E-state index contributed by atoms with van der Waals surface area (Å²) in [4.78, 5) is 31.3. The summed E-state index contributed by atoms with van der Waals surface area (Å²) in [6.45, 7) is 2.70. The molecule has 3 rings (SSSR count). The van der Waals surface area contributed by atoms with Gasteiger partial charge in [0.25, 0.3) is 5.91 Å². The lowest BCUT2D eigenvalue weighted by Gasteiger charge is -2.25. The molecule has 0 aliphatic carbocycles. The van der Waals surface area contributed by atoms with Crippen molar-refractivity contribution in [2.75, 3.05) is 26.3 Å². The van der Waals surface area contributed by atoms with Crippen molar-refractivity contribution >= 4 is 34.5 Å². The van der Waals surface area contributed by atoms with Gasteiger partial charge < -0.3 is 15.0 Å². The number of thiophene rings is 1. The molecule has 0 saturated carbocycles. The highest BCUT2D eigenvalue weighted by atomic mass is 32.1. The molecule has 0 aromatic carbocycles. The first kappa shape index (κ1) is 16.1. The molecule has 2 aromatic rings. The molecule has 0 radical (unpaired) electrons. The minimum Gasteiger partial charge on any atom is -0.378 e. The van der Waals surface area contributed by atoms with Crippen molar-refractivity contribution in [2.24, 2.45) is 0 Å². The number of hydrogen-bond acceptors (Lipinski definition) is 6. The largest absolute Gasteiger partial charge is 0.378 e. The van der Waals surface area contributed by atoms with Crippen LogP contribution in [0.25, 0.3) is 0 Å². The normalized spacial score (nSPS) is 14.7.